The first-order chi connectivity index (χ1) is 12.1. The normalized spacial score (nSPS) is 12.0. The number of sulfonamides is 1. The SMILES string of the molecule is CC(C)(C)c1ccc(S(=O)(=O)NCC(=O)NCc2ccccc2F)cc1. The molecule has 0 saturated heterocycles. The van der Waals surface area contributed by atoms with Crippen molar-refractivity contribution < 1.29 is 17.6 Å². The Hall–Kier alpha value is -2.25. The Morgan fingerprint density at radius 1 is 1.04 bits per heavy atom. The number of hydrogen-bond acceptors (Lipinski definition) is 3. The van der Waals surface area contributed by atoms with Crippen LogP contribution in [0.3, 0.4) is 0 Å². The summed E-state index contributed by atoms with van der Waals surface area (Å²) in [6.45, 7) is 5.68. The quantitative estimate of drug-likeness (QED) is 0.812. The highest BCUT2D eigenvalue weighted by Gasteiger charge is 2.18. The first kappa shape index (κ1) is 20.1. The lowest BCUT2D eigenvalue weighted by Crippen LogP contribution is -2.36. The number of amides is 1. The molecule has 7 heteroatoms. The Balaban J connectivity index is 1.93. The number of nitrogens with one attached hydrogen (secondary N) is 2. The second-order valence-electron chi connectivity index (χ2n) is 6.97. The number of halogens is 1. The molecule has 0 atom stereocenters. The summed E-state index contributed by atoms with van der Waals surface area (Å²) in [5.41, 5.74) is 1.27. The molecule has 0 saturated carbocycles. The van der Waals surface area contributed by atoms with Crippen LogP contribution in [0.15, 0.2) is 53.4 Å². The van der Waals surface area contributed by atoms with E-state index in [-0.39, 0.29) is 16.9 Å². The first-order valence-electron chi connectivity index (χ1n) is 8.20. The summed E-state index contributed by atoms with van der Waals surface area (Å²) in [6.07, 6.45) is 0. The molecular weight excluding hydrogens is 355 g/mol. The van der Waals surface area contributed by atoms with Gasteiger partial charge in [-0.05, 0) is 29.2 Å². The van der Waals surface area contributed by atoms with E-state index in [9.17, 15) is 17.6 Å². The maximum atomic E-state index is 13.5. The highest BCUT2D eigenvalue weighted by molar-refractivity contribution is 7.89. The minimum atomic E-state index is -3.79. The zero-order valence-corrected chi connectivity index (χ0v) is 15.9. The van der Waals surface area contributed by atoms with Gasteiger partial charge in [0.05, 0.1) is 11.4 Å². The van der Waals surface area contributed by atoms with Crippen LogP contribution < -0.4 is 10.0 Å². The lowest BCUT2D eigenvalue weighted by Gasteiger charge is -2.19. The van der Waals surface area contributed by atoms with Crippen LogP contribution in [0, 0.1) is 5.82 Å². The van der Waals surface area contributed by atoms with E-state index in [1.807, 2.05) is 20.8 Å². The molecule has 2 aromatic carbocycles. The third-order valence-electron chi connectivity index (χ3n) is 3.89. The summed E-state index contributed by atoms with van der Waals surface area (Å²) in [4.78, 5) is 11.9. The molecule has 0 aromatic heterocycles. The molecule has 2 aromatic rings. The largest absolute Gasteiger partial charge is 0.351 e. The predicted octanol–water partition coefficient (Wildman–Crippen LogP) is 2.72. The monoisotopic (exact) mass is 378 g/mol. The standard InChI is InChI=1S/C19H23FN2O3S/c1-19(2,3)15-8-10-16(11-9-15)26(24,25)22-13-18(23)21-12-14-6-4-5-7-17(14)20/h4-11,22H,12-13H2,1-3H3,(H,21,23). The molecule has 2 rings (SSSR count). The Labute approximate surface area is 153 Å². The summed E-state index contributed by atoms with van der Waals surface area (Å²) >= 11 is 0. The number of rotatable bonds is 6. The summed E-state index contributed by atoms with van der Waals surface area (Å²) in [7, 11) is -3.79. The van der Waals surface area contributed by atoms with Gasteiger partial charge < -0.3 is 5.32 Å². The van der Waals surface area contributed by atoms with Gasteiger partial charge in [0, 0.05) is 12.1 Å². The first-order valence-corrected chi connectivity index (χ1v) is 9.68. The van der Waals surface area contributed by atoms with Gasteiger partial charge >= 0.3 is 0 Å². The molecule has 0 aliphatic carbocycles. The number of hydrogen-bond donors (Lipinski definition) is 2. The minimum Gasteiger partial charge on any atom is -0.351 e. The molecule has 1 amide bonds. The van der Waals surface area contributed by atoms with Crippen molar-refractivity contribution in [2.24, 2.45) is 0 Å². The Bertz CT molecular complexity index is 872. The van der Waals surface area contributed by atoms with Crippen LogP contribution in [0.4, 0.5) is 4.39 Å². The van der Waals surface area contributed by atoms with Gasteiger partial charge in [0.25, 0.3) is 0 Å². The van der Waals surface area contributed by atoms with Crippen molar-refractivity contribution >= 4 is 15.9 Å². The van der Waals surface area contributed by atoms with Gasteiger partial charge in [-0.3, -0.25) is 4.79 Å². The van der Waals surface area contributed by atoms with Crippen LogP contribution in [-0.2, 0) is 26.8 Å². The van der Waals surface area contributed by atoms with Gasteiger partial charge in [-0.25, -0.2) is 17.5 Å². The lowest BCUT2D eigenvalue weighted by molar-refractivity contribution is -0.120. The maximum Gasteiger partial charge on any atom is 0.241 e. The summed E-state index contributed by atoms with van der Waals surface area (Å²) < 4.78 is 40.3. The number of carbonyl (C=O) groups is 1. The highest BCUT2D eigenvalue weighted by atomic mass is 32.2. The van der Waals surface area contributed by atoms with Crippen molar-refractivity contribution in [3.05, 3.63) is 65.5 Å². The Morgan fingerprint density at radius 2 is 1.65 bits per heavy atom. The van der Waals surface area contributed by atoms with Crippen LogP contribution in [0.5, 0.6) is 0 Å². The molecule has 0 fully saturated rings. The van der Waals surface area contributed by atoms with E-state index < -0.39 is 28.3 Å². The van der Waals surface area contributed by atoms with Gasteiger partial charge in [-0.2, -0.15) is 0 Å². The molecule has 5 nitrogen and oxygen atoms in total. The Morgan fingerprint density at radius 3 is 2.23 bits per heavy atom. The van der Waals surface area contributed by atoms with Crippen molar-refractivity contribution in [1.29, 1.82) is 0 Å². The molecule has 0 aliphatic heterocycles. The van der Waals surface area contributed by atoms with E-state index in [1.54, 1.807) is 30.3 Å². The topological polar surface area (TPSA) is 75.3 Å². The highest BCUT2D eigenvalue weighted by Crippen LogP contribution is 2.23. The molecule has 0 unspecified atom stereocenters. The minimum absolute atomic E-state index is 0.00643. The third kappa shape index (κ3) is 5.37. The molecule has 26 heavy (non-hydrogen) atoms. The van der Waals surface area contributed by atoms with E-state index in [2.05, 4.69) is 10.0 Å². The van der Waals surface area contributed by atoms with Crippen LogP contribution >= 0.6 is 0 Å². The molecular formula is C19H23FN2O3S. The molecule has 0 radical (unpaired) electrons. The summed E-state index contributed by atoms with van der Waals surface area (Å²) in [5, 5.41) is 2.49. The zero-order valence-electron chi connectivity index (χ0n) is 15.0. The van der Waals surface area contributed by atoms with Crippen molar-refractivity contribution in [3.63, 3.8) is 0 Å². The van der Waals surface area contributed by atoms with Crippen LogP contribution in [0.2, 0.25) is 0 Å². The van der Waals surface area contributed by atoms with Crippen LogP contribution in [-0.4, -0.2) is 20.9 Å². The third-order valence-corrected chi connectivity index (χ3v) is 5.30. The zero-order chi connectivity index (χ0) is 19.4. The molecule has 0 spiro atoms. The van der Waals surface area contributed by atoms with Gasteiger partial charge in [0.2, 0.25) is 15.9 Å². The molecule has 0 heterocycles. The smallest absolute Gasteiger partial charge is 0.241 e. The van der Waals surface area contributed by atoms with Gasteiger partial charge in [0.15, 0.2) is 0 Å². The summed E-state index contributed by atoms with van der Waals surface area (Å²) in [5.74, 6) is -0.963. The summed E-state index contributed by atoms with van der Waals surface area (Å²) in [6, 6.07) is 12.6. The molecule has 0 bridgehead atoms. The van der Waals surface area contributed by atoms with Gasteiger partial charge in [0.1, 0.15) is 5.82 Å². The lowest BCUT2D eigenvalue weighted by atomic mass is 9.87. The van der Waals surface area contributed by atoms with E-state index >= 15 is 0 Å². The van der Waals surface area contributed by atoms with E-state index in [1.165, 1.54) is 18.2 Å². The van der Waals surface area contributed by atoms with E-state index in [4.69, 9.17) is 0 Å². The van der Waals surface area contributed by atoms with Gasteiger partial charge in [-0.1, -0.05) is 51.1 Å². The fourth-order valence-corrected chi connectivity index (χ4v) is 3.26. The second kappa shape index (κ2) is 7.97. The number of carbonyl (C=O) groups excluding carboxylic acids is 1. The van der Waals surface area contributed by atoms with Crippen molar-refractivity contribution in [1.82, 2.24) is 10.0 Å². The number of benzene rings is 2. The van der Waals surface area contributed by atoms with E-state index in [0.717, 1.165) is 5.56 Å². The van der Waals surface area contributed by atoms with Crippen LogP contribution in [0.1, 0.15) is 31.9 Å². The Kier molecular flexibility index (Phi) is 6.15. The maximum absolute atomic E-state index is 13.5. The molecule has 2 N–H and O–H groups in total. The van der Waals surface area contributed by atoms with E-state index in [0.29, 0.717) is 5.56 Å². The fourth-order valence-electron chi connectivity index (χ4n) is 2.28. The van der Waals surface area contributed by atoms with Crippen molar-refractivity contribution in [2.75, 3.05) is 6.54 Å². The van der Waals surface area contributed by atoms with Crippen molar-refractivity contribution in [3.8, 4) is 0 Å². The van der Waals surface area contributed by atoms with Crippen molar-refractivity contribution in [2.45, 2.75) is 37.6 Å². The average molecular weight is 378 g/mol. The fraction of sp³-hybridized carbons (Fsp3) is 0.316. The molecule has 0 aliphatic rings. The van der Waals surface area contributed by atoms with Crippen LogP contribution in [0.25, 0.3) is 0 Å². The second-order valence-corrected chi connectivity index (χ2v) is 8.73. The average Bonchev–Trinajstić information content (AvgIpc) is 2.59. The van der Waals surface area contributed by atoms with Gasteiger partial charge in [-0.15, -0.1) is 0 Å². The molecule has 140 valence electrons. The predicted molar refractivity (Wildman–Crippen MR) is 98.6 cm³/mol.